The number of urea groups is 1. The second-order valence-corrected chi connectivity index (χ2v) is 5.75. The van der Waals surface area contributed by atoms with Crippen LogP contribution in [0.4, 0.5) is 4.79 Å². The zero-order valence-corrected chi connectivity index (χ0v) is 15.4. The molecule has 0 aliphatic rings. The number of carbonyl (C=O) groups is 1. The van der Waals surface area contributed by atoms with Crippen LogP contribution in [0.2, 0.25) is 0 Å². The zero-order valence-electron chi connectivity index (χ0n) is 15.4. The number of rotatable bonds is 15. The van der Waals surface area contributed by atoms with E-state index in [4.69, 9.17) is 19.7 Å². The molecule has 0 saturated carbocycles. The second kappa shape index (κ2) is 15.6. The molecule has 144 valence electrons. The van der Waals surface area contributed by atoms with Gasteiger partial charge in [-0.3, -0.25) is 0 Å². The molecule has 0 aliphatic carbocycles. The molecule has 0 rings (SSSR count). The summed E-state index contributed by atoms with van der Waals surface area (Å²) in [4.78, 5) is 17.5. The molecule has 0 unspecified atom stereocenters. The predicted molar refractivity (Wildman–Crippen MR) is 93.2 cm³/mol. The summed E-state index contributed by atoms with van der Waals surface area (Å²) in [6.07, 6.45) is 1.84. The van der Waals surface area contributed by atoms with Crippen LogP contribution in [0.15, 0.2) is 0 Å². The summed E-state index contributed by atoms with van der Waals surface area (Å²) < 4.78 is 10.3. The van der Waals surface area contributed by atoms with Crippen LogP contribution >= 0.6 is 0 Å². The molecule has 0 spiro atoms. The number of carbonyl (C=O) groups excluding carboxylic acids is 1. The summed E-state index contributed by atoms with van der Waals surface area (Å²) in [6, 6.07) is -0.160. The van der Waals surface area contributed by atoms with Crippen LogP contribution in [0.25, 0.3) is 0 Å². The summed E-state index contributed by atoms with van der Waals surface area (Å²) in [5.41, 5.74) is 0. The number of amides is 2. The molecule has 0 aliphatic heterocycles. The number of hydrogen-bond donors (Lipinski definition) is 2. The lowest BCUT2D eigenvalue weighted by Crippen LogP contribution is -2.44. The Bertz CT molecular complexity index is 301. The van der Waals surface area contributed by atoms with Gasteiger partial charge in [-0.15, -0.1) is 0 Å². The van der Waals surface area contributed by atoms with Gasteiger partial charge in [-0.2, -0.15) is 0 Å². The fraction of sp³-hybridized carbons (Fsp3) is 0.938. The Morgan fingerprint density at radius 2 is 1.50 bits per heavy atom. The van der Waals surface area contributed by atoms with Crippen LogP contribution in [0.5, 0.6) is 0 Å². The van der Waals surface area contributed by atoms with Crippen molar-refractivity contribution in [2.24, 2.45) is 0 Å². The molecule has 8 heteroatoms. The highest BCUT2D eigenvalue weighted by atomic mass is 16.5. The van der Waals surface area contributed by atoms with E-state index < -0.39 is 0 Å². The van der Waals surface area contributed by atoms with Crippen molar-refractivity contribution in [2.45, 2.75) is 12.8 Å². The van der Waals surface area contributed by atoms with E-state index in [1.165, 1.54) is 4.90 Å². The Morgan fingerprint density at radius 1 is 0.875 bits per heavy atom. The maximum atomic E-state index is 12.2. The maximum absolute atomic E-state index is 12.2. The predicted octanol–water partition coefficient (Wildman–Crippen LogP) is -0.300. The van der Waals surface area contributed by atoms with Crippen molar-refractivity contribution in [1.82, 2.24) is 14.7 Å². The van der Waals surface area contributed by atoms with Crippen molar-refractivity contribution in [3.05, 3.63) is 0 Å². The van der Waals surface area contributed by atoms with Gasteiger partial charge in [0.15, 0.2) is 0 Å². The summed E-state index contributed by atoms with van der Waals surface area (Å²) in [5.74, 6) is 0. The molecule has 0 aromatic heterocycles. The molecule has 24 heavy (non-hydrogen) atoms. The summed E-state index contributed by atoms with van der Waals surface area (Å²) in [7, 11) is 5.46. The molecular weight excluding hydrogens is 314 g/mol. The summed E-state index contributed by atoms with van der Waals surface area (Å²) >= 11 is 0. The van der Waals surface area contributed by atoms with Crippen molar-refractivity contribution in [1.29, 1.82) is 0 Å². The molecule has 0 atom stereocenters. The van der Waals surface area contributed by atoms with Crippen LogP contribution < -0.4 is 0 Å². The number of aliphatic hydroxyl groups is 2. The van der Waals surface area contributed by atoms with E-state index in [0.717, 1.165) is 32.5 Å². The van der Waals surface area contributed by atoms with Gasteiger partial charge in [0.25, 0.3) is 0 Å². The molecule has 0 bridgehead atoms. The molecule has 0 fully saturated rings. The van der Waals surface area contributed by atoms with Gasteiger partial charge in [0.2, 0.25) is 0 Å². The molecular formula is C16H35N3O5. The highest BCUT2D eigenvalue weighted by molar-refractivity contribution is 5.74. The first kappa shape index (κ1) is 23.1. The Balaban J connectivity index is 3.81. The smallest absolute Gasteiger partial charge is 0.319 e. The fourth-order valence-corrected chi connectivity index (χ4v) is 2.25. The first-order valence-corrected chi connectivity index (χ1v) is 8.53. The van der Waals surface area contributed by atoms with E-state index >= 15 is 0 Å². The number of nitrogens with zero attached hydrogens (tertiary/aromatic N) is 3. The molecule has 2 N–H and O–H groups in total. The first-order chi connectivity index (χ1) is 11.6. The third-order valence-electron chi connectivity index (χ3n) is 3.63. The van der Waals surface area contributed by atoms with E-state index in [0.29, 0.717) is 19.8 Å². The average Bonchev–Trinajstić information content (AvgIpc) is 2.57. The third kappa shape index (κ3) is 11.6. The first-order valence-electron chi connectivity index (χ1n) is 8.53. The van der Waals surface area contributed by atoms with Gasteiger partial charge in [0.1, 0.15) is 0 Å². The second-order valence-electron chi connectivity index (χ2n) is 5.75. The standard InChI is InChI=1S/C16H35N3O5/c1-17(7-5-13-24-15-14-23-3)6-4-8-18(2)16(22)19(9-11-20)10-12-21/h20-21H,4-15H2,1-3H3. The van der Waals surface area contributed by atoms with E-state index in [-0.39, 0.29) is 32.3 Å². The van der Waals surface area contributed by atoms with Gasteiger partial charge in [-0.05, 0) is 26.4 Å². The summed E-state index contributed by atoms with van der Waals surface area (Å²) in [6.45, 7) is 4.75. The van der Waals surface area contributed by atoms with Crippen molar-refractivity contribution in [3.63, 3.8) is 0 Å². The molecule has 8 nitrogen and oxygen atoms in total. The van der Waals surface area contributed by atoms with Crippen molar-refractivity contribution in [2.75, 3.05) is 87.0 Å². The van der Waals surface area contributed by atoms with Gasteiger partial charge >= 0.3 is 6.03 Å². The van der Waals surface area contributed by atoms with Gasteiger partial charge in [-0.1, -0.05) is 0 Å². The Morgan fingerprint density at radius 3 is 2.08 bits per heavy atom. The van der Waals surface area contributed by atoms with E-state index in [1.807, 2.05) is 0 Å². The van der Waals surface area contributed by atoms with Gasteiger partial charge in [-0.25, -0.2) is 4.79 Å². The highest BCUT2D eigenvalue weighted by Crippen LogP contribution is 1.99. The molecule has 0 heterocycles. The highest BCUT2D eigenvalue weighted by Gasteiger charge is 2.16. The minimum Gasteiger partial charge on any atom is -0.395 e. The van der Waals surface area contributed by atoms with E-state index in [2.05, 4.69) is 11.9 Å². The van der Waals surface area contributed by atoms with Crippen molar-refractivity contribution < 1.29 is 24.5 Å². The SMILES string of the molecule is COCCOCCCN(C)CCCN(C)C(=O)N(CCO)CCO. The Kier molecular flexibility index (Phi) is 15.0. The van der Waals surface area contributed by atoms with Crippen molar-refractivity contribution in [3.8, 4) is 0 Å². The molecule has 0 aromatic rings. The van der Waals surface area contributed by atoms with Crippen LogP contribution in [0.3, 0.4) is 0 Å². The van der Waals surface area contributed by atoms with Crippen LogP contribution in [-0.4, -0.2) is 118 Å². The lowest BCUT2D eigenvalue weighted by molar-refractivity contribution is 0.0661. The fourth-order valence-electron chi connectivity index (χ4n) is 2.25. The minimum atomic E-state index is -0.160. The van der Waals surface area contributed by atoms with E-state index in [1.54, 1.807) is 19.1 Å². The van der Waals surface area contributed by atoms with Gasteiger partial charge in [0.05, 0.1) is 26.4 Å². The van der Waals surface area contributed by atoms with Crippen LogP contribution in [0.1, 0.15) is 12.8 Å². The molecule has 0 radical (unpaired) electrons. The molecule has 0 aromatic carbocycles. The average molecular weight is 349 g/mol. The van der Waals surface area contributed by atoms with Crippen molar-refractivity contribution >= 4 is 6.03 Å². The monoisotopic (exact) mass is 349 g/mol. The number of aliphatic hydroxyl groups excluding tert-OH is 2. The quantitative estimate of drug-likeness (QED) is 0.395. The zero-order chi connectivity index (χ0) is 18.2. The Labute approximate surface area is 145 Å². The number of hydrogen-bond acceptors (Lipinski definition) is 6. The van der Waals surface area contributed by atoms with Gasteiger partial charge in [0, 0.05) is 46.9 Å². The normalized spacial score (nSPS) is 11.1. The van der Waals surface area contributed by atoms with Crippen LogP contribution in [-0.2, 0) is 9.47 Å². The molecule has 0 saturated heterocycles. The van der Waals surface area contributed by atoms with Crippen LogP contribution in [0, 0.1) is 0 Å². The third-order valence-corrected chi connectivity index (χ3v) is 3.63. The Hall–Kier alpha value is -0.930. The summed E-state index contributed by atoms with van der Waals surface area (Å²) in [5, 5.41) is 18.0. The number of ether oxygens (including phenoxy) is 2. The maximum Gasteiger partial charge on any atom is 0.319 e. The minimum absolute atomic E-state index is 0.102. The topological polar surface area (TPSA) is 85.7 Å². The lowest BCUT2D eigenvalue weighted by Gasteiger charge is -2.27. The van der Waals surface area contributed by atoms with E-state index in [9.17, 15) is 4.79 Å². The lowest BCUT2D eigenvalue weighted by atomic mass is 10.3. The molecule has 2 amide bonds. The van der Waals surface area contributed by atoms with Gasteiger partial charge < -0.3 is 34.4 Å². The largest absolute Gasteiger partial charge is 0.395 e. The number of methoxy groups -OCH3 is 1.